The van der Waals surface area contributed by atoms with Crippen LogP contribution < -0.4 is 5.32 Å². The molecule has 0 aromatic carbocycles. The highest BCUT2D eigenvalue weighted by molar-refractivity contribution is 9.11. The summed E-state index contributed by atoms with van der Waals surface area (Å²) in [5, 5.41) is 3.18. The number of rotatable bonds is 5. The number of nitrogens with one attached hydrogen (secondary N) is 1. The van der Waals surface area contributed by atoms with Gasteiger partial charge >= 0.3 is 0 Å². The predicted molar refractivity (Wildman–Crippen MR) is 68.1 cm³/mol. The van der Waals surface area contributed by atoms with Crippen molar-refractivity contribution in [3.63, 3.8) is 0 Å². The summed E-state index contributed by atoms with van der Waals surface area (Å²) in [6.07, 6.45) is 1.25. The van der Waals surface area contributed by atoms with Gasteiger partial charge in [0.15, 0.2) is 0 Å². The smallest absolute Gasteiger partial charge is 0.148 e. The highest BCUT2D eigenvalue weighted by Gasteiger charge is 2.08. The van der Waals surface area contributed by atoms with E-state index in [9.17, 15) is 8.42 Å². The van der Waals surface area contributed by atoms with Crippen LogP contribution >= 0.6 is 27.3 Å². The highest BCUT2D eigenvalue weighted by Crippen LogP contribution is 2.26. The molecule has 15 heavy (non-hydrogen) atoms. The van der Waals surface area contributed by atoms with Crippen LogP contribution in [0, 0.1) is 0 Å². The second kappa shape index (κ2) is 5.43. The van der Waals surface area contributed by atoms with Crippen LogP contribution in [0.5, 0.6) is 0 Å². The van der Waals surface area contributed by atoms with Crippen molar-refractivity contribution in [2.45, 2.75) is 13.0 Å². The monoisotopic (exact) mass is 311 g/mol. The normalized spacial score (nSPS) is 14.1. The van der Waals surface area contributed by atoms with Gasteiger partial charge in [0.2, 0.25) is 0 Å². The first kappa shape index (κ1) is 13.2. The van der Waals surface area contributed by atoms with Gasteiger partial charge in [-0.05, 0) is 35.0 Å². The van der Waals surface area contributed by atoms with E-state index in [0.717, 1.165) is 3.79 Å². The zero-order chi connectivity index (χ0) is 11.5. The Labute approximate surface area is 103 Å². The number of thiophene rings is 1. The van der Waals surface area contributed by atoms with Gasteiger partial charge in [0.25, 0.3) is 0 Å². The molecule has 86 valence electrons. The fourth-order valence-corrected chi connectivity index (χ4v) is 3.06. The molecule has 6 heteroatoms. The van der Waals surface area contributed by atoms with Crippen LogP contribution in [0.1, 0.15) is 17.8 Å². The molecule has 1 aromatic heterocycles. The maximum absolute atomic E-state index is 10.9. The van der Waals surface area contributed by atoms with Gasteiger partial charge in [-0.3, -0.25) is 0 Å². The van der Waals surface area contributed by atoms with Crippen molar-refractivity contribution in [3.05, 3.63) is 20.8 Å². The number of sulfone groups is 1. The second-order valence-corrected chi connectivity index (χ2v) is 8.20. The number of halogens is 1. The highest BCUT2D eigenvalue weighted by atomic mass is 79.9. The van der Waals surface area contributed by atoms with Gasteiger partial charge in [0, 0.05) is 23.7 Å². The topological polar surface area (TPSA) is 46.2 Å². The molecule has 1 aromatic rings. The molecule has 0 radical (unpaired) electrons. The second-order valence-electron chi connectivity index (χ2n) is 3.45. The third-order valence-electron chi connectivity index (χ3n) is 1.94. The molecular formula is C9H14BrNO2S2. The molecule has 1 heterocycles. The quantitative estimate of drug-likeness (QED) is 0.907. The van der Waals surface area contributed by atoms with Crippen molar-refractivity contribution < 1.29 is 8.42 Å². The van der Waals surface area contributed by atoms with E-state index in [1.165, 1.54) is 11.1 Å². The molecule has 1 unspecified atom stereocenters. The average molecular weight is 312 g/mol. The van der Waals surface area contributed by atoms with Crippen LogP contribution in [-0.2, 0) is 9.84 Å². The summed E-state index contributed by atoms with van der Waals surface area (Å²) in [7, 11) is -2.87. The first-order chi connectivity index (χ1) is 6.88. The van der Waals surface area contributed by atoms with Crippen LogP contribution in [0.3, 0.4) is 0 Å². The van der Waals surface area contributed by atoms with Crippen LogP contribution in [-0.4, -0.2) is 27.0 Å². The summed E-state index contributed by atoms with van der Waals surface area (Å²) in [6.45, 7) is 2.52. The molecule has 3 nitrogen and oxygen atoms in total. The molecular weight excluding hydrogens is 298 g/mol. The molecule has 0 saturated carbocycles. The summed E-state index contributed by atoms with van der Waals surface area (Å²) in [6, 6.07) is 4.23. The Morgan fingerprint density at radius 1 is 1.53 bits per heavy atom. The van der Waals surface area contributed by atoms with E-state index in [0.29, 0.717) is 6.54 Å². The predicted octanol–water partition coefficient (Wildman–Crippen LogP) is 2.21. The van der Waals surface area contributed by atoms with Gasteiger partial charge in [-0.2, -0.15) is 0 Å². The van der Waals surface area contributed by atoms with Crippen molar-refractivity contribution in [3.8, 4) is 0 Å². The van der Waals surface area contributed by atoms with Crippen LogP contribution in [0.2, 0.25) is 0 Å². The maximum Gasteiger partial charge on any atom is 0.148 e. The third-order valence-corrected chi connectivity index (χ3v) is 4.70. The first-order valence-corrected chi connectivity index (χ1v) is 8.22. The molecule has 0 aliphatic rings. The molecule has 1 rings (SSSR count). The van der Waals surface area contributed by atoms with Crippen LogP contribution in [0.15, 0.2) is 15.9 Å². The number of hydrogen-bond donors (Lipinski definition) is 1. The Morgan fingerprint density at radius 3 is 2.67 bits per heavy atom. The molecule has 1 atom stereocenters. The Morgan fingerprint density at radius 2 is 2.20 bits per heavy atom. The minimum Gasteiger partial charge on any atom is -0.308 e. The van der Waals surface area contributed by atoms with E-state index in [-0.39, 0.29) is 11.8 Å². The average Bonchev–Trinajstić information content (AvgIpc) is 2.49. The van der Waals surface area contributed by atoms with Crippen LogP contribution in [0.4, 0.5) is 0 Å². The van der Waals surface area contributed by atoms with E-state index >= 15 is 0 Å². The van der Waals surface area contributed by atoms with E-state index in [1.54, 1.807) is 11.3 Å². The molecule has 1 N–H and O–H groups in total. The maximum atomic E-state index is 10.9. The summed E-state index contributed by atoms with van der Waals surface area (Å²) < 4.78 is 22.9. The molecule has 0 saturated heterocycles. The van der Waals surface area contributed by atoms with Crippen LogP contribution in [0.25, 0.3) is 0 Å². The fourth-order valence-electron chi connectivity index (χ4n) is 1.12. The van der Waals surface area contributed by atoms with Crippen molar-refractivity contribution in [2.75, 3.05) is 18.6 Å². The van der Waals surface area contributed by atoms with Crippen molar-refractivity contribution >= 4 is 37.1 Å². The molecule has 0 spiro atoms. The van der Waals surface area contributed by atoms with E-state index in [2.05, 4.69) is 21.2 Å². The summed E-state index contributed by atoms with van der Waals surface area (Å²) >= 11 is 5.05. The Balaban J connectivity index is 2.40. The zero-order valence-corrected chi connectivity index (χ0v) is 11.9. The number of hydrogen-bond acceptors (Lipinski definition) is 4. The fraction of sp³-hybridized carbons (Fsp3) is 0.556. The Bertz CT molecular complexity index is 414. The van der Waals surface area contributed by atoms with Crippen molar-refractivity contribution in [1.29, 1.82) is 0 Å². The largest absolute Gasteiger partial charge is 0.308 e. The van der Waals surface area contributed by atoms with Crippen molar-refractivity contribution in [2.24, 2.45) is 0 Å². The van der Waals surface area contributed by atoms with Gasteiger partial charge in [0.05, 0.1) is 9.54 Å². The lowest BCUT2D eigenvalue weighted by atomic mass is 10.3. The van der Waals surface area contributed by atoms with Gasteiger partial charge in [0.1, 0.15) is 9.84 Å². The Hall–Kier alpha value is 0.0900. The zero-order valence-electron chi connectivity index (χ0n) is 8.66. The lowest BCUT2D eigenvalue weighted by Gasteiger charge is -2.10. The third kappa shape index (κ3) is 5.10. The van der Waals surface area contributed by atoms with E-state index < -0.39 is 9.84 Å². The molecule has 0 aliphatic carbocycles. The van der Waals surface area contributed by atoms with Gasteiger partial charge in [-0.25, -0.2) is 8.42 Å². The van der Waals surface area contributed by atoms with Gasteiger partial charge in [-0.1, -0.05) is 0 Å². The molecule has 0 bridgehead atoms. The molecule has 0 aliphatic heterocycles. The van der Waals surface area contributed by atoms with E-state index in [4.69, 9.17) is 0 Å². The van der Waals surface area contributed by atoms with Gasteiger partial charge in [-0.15, -0.1) is 11.3 Å². The standard InChI is InChI=1S/C9H14BrNO2S2/c1-7(8-3-4-9(10)14-8)11-5-6-15(2,12)13/h3-4,7,11H,5-6H2,1-2H3. The summed E-state index contributed by atoms with van der Waals surface area (Å²) in [5.74, 6) is 0.184. The van der Waals surface area contributed by atoms with Crippen molar-refractivity contribution in [1.82, 2.24) is 5.32 Å². The SMILES string of the molecule is CC(NCCS(C)(=O)=O)c1ccc(Br)s1. The van der Waals surface area contributed by atoms with E-state index in [1.807, 2.05) is 19.1 Å². The minimum atomic E-state index is -2.87. The lowest BCUT2D eigenvalue weighted by Crippen LogP contribution is -2.24. The molecule has 0 fully saturated rings. The first-order valence-electron chi connectivity index (χ1n) is 4.55. The summed E-state index contributed by atoms with van der Waals surface area (Å²) in [4.78, 5) is 1.20. The lowest BCUT2D eigenvalue weighted by molar-refractivity contribution is 0.579. The van der Waals surface area contributed by atoms with Gasteiger partial charge < -0.3 is 5.32 Å². The molecule has 0 amide bonds. The minimum absolute atomic E-state index is 0.184. The Kier molecular flexibility index (Phi) is 4.76. The summed E-state index contributed by atoms with van der Waals surface area (Å²) in [5.41, 5.74) is 0.